The average molecular weight is 264 g/mol. The number of aliphatic hydroxyl groups is 2. The molecule has 3 heteroatoms. The number of hydrogen-bond donors (Lipinski definition) is 2. The van der Waals surface area contributed by atoms with Crippen LogP contribution in [0.25, 0.3) is 0 Å². The summed E-state index contributed by atoms with van der Waals surface area (Å²) < 4.78 is 5.78. The Morgan fingerprint density at radius 1 is 1.26 bits per heavy atom. The summed E-state index contributed by atoms with van der Waals surface area (Å²) >= 11 is 0. The van der Waals surface area contributed by atoms with E-state index in [4.69, 9.17) is 4.74 Å². The molecule has 0 saturated heterocycles. The summed E-state index contributed by atoms with van der Waals surface area (Å²) in [6.07, 6.45) is 4.58. The van der Waals surface area contributed by atoms with Gasteiger partial charge in [-0.15, -0.1) is 0 Å². The second-order valence-corrected chi connectivity index (χ2v) is 5.77. The zero-order chi connectivity index (χ0) is 13.9. The highest BCUT2D eigenvalue weighted by atomic mass is 16.5. The van der Waals surface area contributed by atoms with Crippen LogP contribution in [0, 0.1) is 6.92 Å². The molecule has 1 fully saturated rings. The van der Waals surface area contributed by atoms with Gasteiger partial charge in [0.25, 0.3) is 0 Å². The van der Waals surface area contributed by atoms with Crippen molar-refractivity contribution in [3.8, 4) is 5.75 Å². The molecule has 0 amide bonds. The monoisotopic (exact) mass is 264 g/mol. The Balaban J connectivity index is 1.99. The fourth-order valence-electron chi connectivity index (χ4n) is 2.66. The molecule has 1 aromatic rings. The fraction of sp³-hybridized carbons (Fsp3) is 0.625. The van der Waals surface area contributed by atoms with Gasteiger partial charge in [-0.25, -0.2) is 0 Å². The van der Waals surface area contributed by atoms with E-state index in [2.05, 4.69) is 0 Å². The van der Waals surface area contributed by atoms with Gasteiger partial charge in [0.2, 0.25) is 0 Å². The molecular formula is C16H24O3. The Bertz CT molecular complexity index is 420. The van der Waals surface area contributed by atoms with Crippen molar-refractivity contribution in [3.63, 3.8) is 0 Å². The first-order chi connectivity index (χ1) is 9.00. The van der Waals surface area contributed by atoms with Gasteiger partial charge in [0.15, 0.2) is 0 Å². The van der Waals surface area contributed by atoms with Gasteiger partial charge < -0.3 is 14.9 Å². The molecular weight excluding hydrogens is 240 g/mol. The van der Waals surface area contributed by atoms with Crippen LogP contribution in [-0.4, -0.2) is 22.4 Å². The molecule has 2 rings (SSSR count). The molecule has 0 aromatic heterocycles. The van der Waals surface area contributed by atoms with Crippen LogP contribution in [0.15, 0.2) is 18.2 Å². The number of hydrogen-bond acceptors (Lipinski definition) is 3. The zero-order valence-electron chi connectivity index (χ0n) is 11.9. The van der Waals surface area contributed by atoms with E-state index in [1.165, 1.54) is 6.42 Å². The number of aryl methyl sites for hydroxylation is 1. The number of rotatable bonds is 4. The van der Waals surface area contributed by atoms with Crippen LogP contribution in [0.1, 0.15) is 56.3 Å². The third kappa shape index (κ3) is 3.71. The molecule has 1 saturated carbocycles. The quantitative estimate of drug-likeness (QED) is 0.878. The highest BCUT2D eigenvalue weighted by Crippen LogP contribution is 2.30. The third-order valence-corrected chi connectivity index (χ3v) is 3.96. The minimum absolute atomic E-state index is 0.363. The van der Waals surface area contributed by atoms with Crippen molar-refractivity contribution in [1.29, 1.82) is 0 Å². The summed E-state index contributed by atoms with van der Waals surface area (Å²) in [4.78, 5) is 0. The molecule has 0 bridgehead atoms. The van der Waals surface area contributed by atoms with Crippen LogP contribution in [0.2, 0.25) is 0 Å². The summed E-state index contributed by atoms with van der Waals surface area (Å²) in [6, 6.07) is 5.69. The normalized spacial score (nSPS) is 20.0. The molecule has 0 spiro atoms. The molecule has 2 N–H and O–H groups in total. The standard InChI is InChI=1S/C16H24O3/c1-12-10-14(13(2)17)6-7-15(12)19-11-16(18)8-4-3-5-9-16/h6-7,10,13,17-18H,3-5,8-9,11H2,1-2H3/t13-/m1/s1. The van der Waals surface area contributed by atoms with E-state index in [1.54, 1.807) is 6.92 Å². The first-order valence-electron chi connectivity index (χ1n) is 7.14. The Morgan fingerprint density at radius 2 is 1.95 bits per heavy atom. The maximum absolute atomic E-state index is 10.4. The van der Waals surface area contributed by atoms with Gasteiger partial charge in [0, 0.05) is 0 Å². The van der Waals surface area contributed by atoms with Crippen LogP contribution >= 0.6 is 0 Å². The predicted molar refractivity (Wildman–Crippen MR) is 75.3 cm³/mol. The lowest BCUT2D eigenvalue weighted by molar-refractivity contribution is -0.0340. The molecule has 19 heavy (non-hydrogen) atoms. The van der Waals surface area contributed by atoms with Gasteiger partial charge in [-0.05, 0) is 49.9 Å². The average Bonchev–Trinajstić information content (AvgIpc) is 2.38. The van der Waals surface area contributed by atoms with Crippen LogP contribution < -0.4 is 4.74 Å². The number of benzene rings is 1. The van der Waals surface area contributed by atoms with Gasteiger partial charge in [-0.3, -0.25) is 0 Å². The highest BCUT2D eigenvalue weighted by Gasteiger charge is 2.30. The van der Waals surface area contributed by atoms with E-state index in [1.807, 2.05) is 25.1 Å². The van der Waals surface area contributed by atoms with Crippen LogP contribution in [-0.2, 0) is 0 Å². The molecule has 1 aliphatic carbocycles. The third-order valence-electron chi connectivity index (χ3n) is 3.96. The second-order valence-electron chi connectivity index (χ2n) is 5.77. The Kier molecular flexibility index (Phi) is 4.48. The summed E-state index contributed by atoms with van der Waals surface area (Å²) in [5.74, 6) is 0.795. The Labute approximate surface area is 115 Å². The van der Waals surface area contributed by atoms with Gasteiger partial charge >= 0.3 is 0 Å². The van der Waals surface area contributed by atoms with Crippen molar-refractivity contribution >= 4 is 0 Å². The maximum Gasteiger partial charge on any atom is 0.122 e. The molecule has 0 aliphatic heterocycles. The molecule has 1 aromatic carbocycles. The van der Waals surface area contributed by atoms with Crippen LogP contribution in [0.4, 0.5) is 0 Å². The van der Waals surface area contributed by atoms with Crippen LogP contribution in [0.5, 0.6) is 5.75 Å². The second kappa shape index (κ2) is 5.93. The molecule has 0 unspecified atom stereocenters. The van der Waals surface area contributed by atoms with E-state index in [0.717, 1.165) is 42.6 Å². The number of ether oxygens (including phenoxy) is 1. The predicted octanol–water partition coefficient (Wildman–Crippen LogP) is 3.12. The molecule has 0 heterocycles. The van der Waals surface area contributed by atoms with Crippen molar-refractivity contribution in [2.24, 2.45) is 0 Å². The van der Waals surface area contributed by atoms with Gasteiger partial charge in [-0.2, -0.15) is 0 Å². The topological polar surface area (TPSA) is 49.7 Å². The largest absolute Gasteiger partial charge is 0.490 e. The van der Waals surface area contributed by atoms with E-state index < -0.39 is 11.7 Å². The Morgan fingerprint density at radius 3 is 2.53 bits per heavy atom. The van der Waals surface area contributed by atoms with Crippen molar-refractivity contribution in [3.05, 3.63) is 29.3 Å². The summed E-state index contributed by atoms with van der Waals surface area (Å²) in [5.41, 5.74) is 1.23. The smallest absolute Gasteiger partial charge is 0.122 e. The summed E-state index contributed by atoms with van der Waals surface area (Å²) in [7, 11) is 0. The maximum atomic E-state index is 10.4. The molecule has 1 atom stereocenters. The summed E-state index contributed by atoms with van der Waals surface area (Å²) in [6.45, 7) is 4.08. The van der Waals surface area contributed by atoms with Crippen molar-refractivity contribution in [2.45, 2.75) is 57.7 Å². The van der Waals surface area contributed by atoms with E-state index in [0.29, 0.717) is 6.61 Å². The van der Waals surface area contributed by atoms with E-state index >= 15 is 0 Å². The lowest BCUT2D eigenvalue weighted by atomic mass is 9.85. The highest BCUT2D eigenvalue weighted by molar-refractivity contribution is 5.37. The molecule has 0 radical (unpaired) electrons. The van der Waals surface area contributed by atoms with E-state index in [-0.39, 0.29) is 0 Å². The minimum atomic E-state index is -0.659. The van der Waals surface area contributed by atoms with E-state index in [9.17, 15) is 10.2 Å². The summed E-state index contributed by atoms with van der Waals surface area (Å²) in [5, 5.41) is 19.9. The Hall–Kier alpha value is -1.06. The van der Waals surface area contributed by atoms with Crippen molar-refractivity contribution < 1.29 is 14.9 Å². The zero-order valence-corrected chi connectivity index (χ0v) is 11.9. The van der Waals surface area contributed by atoms with Gasteiger partial charge in [0.05, 0.1) is 11.7 Å². The first-order valence-corrected chi connectivity index (χ1v) is 7.14. The van der Waals surface area contributed by atoms with Gasteiger partial charge in [0.1, 0.15) is 12.4 Å². The first kappa shape index (κ1) is 14.4. The van der Waals surface area contributed by atoms with Gasteiger partial charge in [-0.1, -0.05) is 25.3 Å². The number of aliphatic hydroxyl groups excluding tert-OH is 1. The minimum Gasteiger partial charge on any atom is -0.490 e. The van der Waals surface area contributed by atoms with Crippen molar-refractivity contribution in [2.75, 3.05) is 6.61 Å². The fourth-order valence-corrected chi connectivity index (χ4v) is 2.66. The lowest BCUT2D eigenvalue weighted by Crippen LogP contribution is -2.38. The SMILES string of the molecule is Cc1cc([C@@H](C)O)ccc1OCC1(O)CCCCC1. The molecule has 1 aliphatic rings. The molecule has 106 valence electrons. The lowest BCUT2D eigenvalue weighted by Gasteiger charge is -2.31. The van der Waals surface area contributed by atoms with Crippen molar-refractivity contribution in [1.82, 2.24) is 0 Å². The molecule has 3 nitrogen and oxygen atoms in total. The van der Waals surface area contributed by atoms with Crippen LogP contribution in [0.3, 0.4) is 0 Å².